The van der Waals surface area contributed by atoms with Crippen molar-refractivity contribution in [3.63, 3.8) is 0 Å². The number of hydrogen-bond donors (Lipinski definition) is 1. The summed E-state index contributed by atoms with van der Waals surface area (Å²) in [6, 6.07) is 4.29. The average molecular weight is 280 g/mol. The van der Waals surface area contributed by atoms with Gasteiger partial charge in [0.15, 0.2) is 0 Å². The molecule has 110 valence electrons. The number of carbonyl (C=O) groups is 1. The normalized spacial score (nSPS) is 11.4. The van der Waals surface area contributed by atoms with Crippen LogP contribution in [0.1, 0.15) is 37.8 Å². The fourth-order valence-electron chi connectivity index (χ4n) is 1.79. The van der Waals surface area contributed by atoms with Crippen molar-refractivity contribution in [1.82, 2.24) is 0 Å². The number of carboxylic acids is 1. The molecule has 0 spiro atoms. The number of carboxylic acid groups (broad SMARTS) is 1. The van der Waals surface area contributed by atoms with E-state index in [0.29, 0.717) is 24.7 Å². The summed E-state index contributed by atoms with van der Waals surface area (Å²) in [7, 11) is 0. The lowest BCUT2D eigenvalue weighted by Crippen LogP contribution is -2.00. The highest BCUT2D eigenvalue weighted by Crippen LogP contribution is 2.15. The molecule has 20 heavy (non-hydrogen) atoms. The predicted molar refractivity (Wildman–Crippen MR) is 76.8 cm³/mol. The molecule has 1 aromatic rings. The molecule has 1 rings (SSSR count). The fourth-order valence-corrected chi connectivity index (χ4v) is 1.79. The molecule has 4 heteroatoms. The zero-order chi connectivity index (χ0) is 15.0. The first-order valence-corrected chi connectivity index (χ1v) is 6.76. The molecule has 0 fully saturated rings. The van der Waals surface area contributed by atoms with Gasteiger partial charge < -0.3 is 9.84 Å². The number of hydrogen-bond acceptors (Lipinski definition) is 2. The van der Waals surface area contributed by atoms with Crippen molar-refractivity contribution >= 4 is 12.0 Å². The van der Waals surface area contributed by atoms with Gasteiger partial charge in [-0.25, -0.2) is 9.18 Å². The van der Waals surface area contributed by atoms with E-state index in [1.165, 1.54) is 18.2 Å². The summed E-state index contributed by atoms with van der Waals surface area (Å²) < 4.78 is 18.7. The van der Waals surface area contributed by atoms with Crippen LogP contribution in [0.5, 0.6) is 0 Å². The van der Waals surface area contributed by atoms with Gasteiger partial charge in [-0.3, -0.25) is 0 Å². The van der Waals surface area contributed by atoms with Gasteiger partial charge in [-0.05, 0) is 48.1 Å². The van der Waals surface area contributed by atoms with Crippen molar-refractivity contribution in [2.75, 3.05) is 6.61 Å². The van der Waals surface area contributed by atoms with Crippen LogP contribution in [0.4, 0.5) is 4.39 Å². The third-order valence-electron chi connectivity index (χ3n) is 2.84. The minimum Gasteiger partial charge on any atom is -0.478 e. The van der Waals surface area contributed by atoms with E-state index in [-0.39, 0.29) is 0 Å². The van der Waals surface area contributed by atoms with E-state index >= 15 is 0 Å². The van der Waals surface area contributed by atoms with E-state index in [4.69, 9.17) is 9.84 Å². The lowest BCUT2D eigenvalue weighted by atomic mass is 10.1. The zero-order valence-corrected chi connectivity index (χ0v) is 11.9. The van der Waals surface area contributed by atoms with Crippen molar-refractivity contribution < 1.29 is 19.0 Å². The second-order valence-corrected chi connectivity index (χ2v) is 5.10. The summed E-state index contributed by atoms with van der Waals surface area (Å²) in [6.07, 6.45) is 4.48. The molecule has 0 bridgehead atoms. The van der Waals surface area contributed by atoms with Crippen LogP contribution in [-0.2, 0) is 16.1 Å². The van der Waals surface area contributed by atoms with Gasteiger partial charge in [-0.2, -0.15) is 0 Å². The van der Waals surface area contributed by atoms with E-state index in [1.54, 1.807) is 6.07 Å². The van der Waals surface area contributed by atoms with Crippen molar-refractivity contribution in [1.29, 1.82) is 0 Å². The molecule has 0 unspecified atom stereocenters. The molecular weight excluding hydrogens is 259 g/mol. The molecule has 0 aromatic heterocycles. The first-order chi connectivity index (χ1) is 9.49. The van der Waals surface area contributed by atoms with E-state index in [1.807, 2.05) is 0 Å². The minimum atomic E-state index is -1.06. The highest BCUT2D eigenvalue weighted by atomic mass is 19.1. The molecule has 3 nitrogen and oxygen atoms in total. The van der Waals surface area contributed by atoms with Crippen LogP contribution in [0.25, 0.3) is 6.08 Å². The van der Waals surface area contributed by atoms with E-state index in [0.717, 1.165) is 24.5 Å². The Morgan fingerprint density at radius 1 is 1.45 bits per heavy atom. The Hall–Kier alpha value is -1.68. The number of ether oxygens (including phenoxy) is 1. The molecule has 0 aliphatic heterocycles. The second-order valence-electron chi connectivity index (χ2n) is 5.10. The van der Waals surface area contributed by atoms with Crippen molar-refractivity contribution in [3.8, 4) is 0 Å². The number of benzene rings is 1. The molecule has 0 atom stereocenters. The summed E-state index contributed by atoms with van der Waals surface area (Å²) in [5.74, 6) is -0.796. The van der Waals surface area contributed by atoms with Crippen LogP contribution in [0.2, 0.25) is 0 Å². The maximum absolute atomic E-state index is 13.2. The van der Waals surface area contributed by atoms with Crippen LogP contribution in [0, 0.1) is 11.7 Å². The van der Waals surface area contributed by atoms with Crippen LogP contribution in [0.15, 0.2) is 24.3 Å². The first-order valence-electron chi connectivity index (χ1n) is 6.76. The Kier molecular flexibility index (Phi) is 6.94. The summed E-state index contributed by atoms with van der Waals surface area (Å²) in [4.78, 5) is 10.5. The van der Waals surface area contributed by atoms with E-state index < -0.39 is 11.8 Å². The van der Waals surface area contributed by atoms with E-state index in [2.05, 4.69) is 13.8 Å². The Bertz CT molecular complexity index is 467. The lowest BCUT2D eigenvalue weighted by Gasteiger charge is -2.09. The van der Waals surface area contributed by atoms with Gasteiger partial charge in [0.25, 0.3) is 0 Å². The quantitative estimate of drug-likeness (QED) is 0.580. The van der Waals surface area contributed by atoms with Gasteiger partial charge in [-0.1, -0.05) is 19.9 Å². The molecule has 0 radical (unpaired) electrons. The lowest BCUT2D eigenvalue weighted by molar-refractivity contribution is -0.131. The van der Waals surface area contributed by atoms with Gasteiger partial charge in [-0.15, -0.1) is 0 Å². The maximum atomic E-state index is 13.2. The third kappa shape index (κ3) is 6.48. The van der Waals surface area contributed by atoms with E-state index in [9.17, 15) is 9.18 Å². The molecule has 0 aliphatic rings. The summed E-state index contributed by atoms with van der Waals surface area (Å²) >= 11 is 0. The standard InChI is InChI=1S/C16H21FO3/c1-12(2)4-3-9-20-11-14-5-7-15(17)10-13(14)6-8-16(18)19/h5-8,10,12H,3-4,9,11H2,1-2H3,(H,18,19). The molecule has 0 saturated carbocycles. The average Bonchev–Trinajstić information content (AvgIpc) is 2.37. The minimum absolute atomic E-state index is 0.359. The Balaban J connectivity index is 2.58. The Labute approximate surface area is 119 Å². The van der Waals surface area contributed by atoms with Crippen LogP contribution < -0.4 is 0 Å². The predicted octanol–water partition coefficient (Wildman–Crippen LogP) is 3.88. The third-order valence-corrected chi connectivity index (χ3v) is 2.84. The van der Waals surface area contributed by atoms with Gasteiger partial charge in [0.1, 0.15) is 5.82 Å². The number of halogens is 1. The molecule has 1 N–H and O–H groups in total. The van der Waals surface area contributed by atoms with Gasteiger partial charge >= 0.3 is 5.97 Å². The van der Waals surface area contributed by atoms with Crippen molar-refractivity contribution in [2.45, 2.75) is 33.3 Å². The van der Waals surface area contributed by atoms with Gasteiger partial charge in [0.05, 0.1) is 6.61 Å². The summed E-state index contributed by atoms with van der Waals surface area (Å²) in [5, 5.41) is 8.62. The van der Waals surface area contributed by atoms with Crippen molar-refractivity contribution in [3.05, 3.63) is 41.2 Å². The topological polar surface area (TPSA) is 46.5 Å². The molecule has 0 amide bonds. The molecule has 0 aliphatic carbocycles. The summed E-state index contributed by atoms with van der Waals surface area (Å²) in [6.45, 7) is 5.33. The Morgan fingerprint density at radius 2 is 2.20 bits per heavy atom. The Morgan fingerprint density at radius 3 is 2.85 bits per heavy atom. The monoisotopic (exact) mass is 280 g/mol. The zero-order valence-electron chi connectivity index (χ0n) is 11.9. The SMILES string of the molecule is CC(C)CCCOCc1ccc(F)cc1C=CC(=O)O. The number of rotatable bonds is 8. The summed E-state index contributed by atoms with van der Waals surface area (Å²) in [5.41, 5.74) is 1.32. The van der Waals surface area contributed by atoms with Crippen LogP contribution in [-0.4, -0.2) is 17.7 Å². The second kappa shape index (κ2) is 8.48. The molecule has 1 aromatic carbocycles. The highest BCUT2D eigenvalue weighted by Gasteiger charge is 2.03. The van der Waals surface area contributed by atoms with Crippen LogP contribution >= 0.6 is 0 Å². The number of aliphatic carboxylic acids is 1. The molecular formula is C16H21FO3. The van der Waals surface area contributed by atoms with Crippen molar-refractivity contribution in [2.24, 2.45) is 5.92 Å². The largest absolute Gasteiger partial charge is 0.478 e. The fraction of sp³-hybridized carbons (Fsp3) is 0.438. The van der Waals surface area contributed by atoms with Gasteiger partial charge in [0.2, 0.25) is 0 Å². The van der Waals surface area contributed by atoms with Crippen LogP contribution in [0.3, 0.4) is 0 Å². The van der Waals surface area contributed by atoms with Gasteiger partial charge in [0, 0.05) is 12.7 Å². The first kappa shape index (κ1) is 16.4. The molecule has 0 heterocycles. The maximum Gasteiger partial charge on any atom is 0.328 e. The highest BCUT2D eigenvalue weighted by molar-refractivity contribution is 5.85. The smallest absolute Gasteiger partial charge is 0.328 e. The molecule has 0 saturated heterocycles.